The fourth-order valence-electron chi connectivity index (χ4n) is 2.48. The Labute approximate surface area is 131 Å². The first-order valence-corrected chi connectivity index (χ1v) is 7.14. The van der Waals surface area contributed by atoms with Gasteiger partial charge in [0.1, 0.15) is 5.75 Å². The second-order valence-electron chi connectivity index (χ2n) is 5.07. The number of aliphatic hydroxyl groups excluding tert-OH is 1. The molecule has 0 aromatic heterocycles. The van der Waals surface area contributed by atoms with E-state index < -0.39 is 0 Å². The largest absolute Gasteiger partial charge is 0.496 e. The van der Waals surface area contributed by atoms with E-state index in [4.69, 9.17) is 14.2 Å². The summed E-state index contributed by atoms with van der Waals surface area (Å²) in [5.41, 5.74) is 3.02. The molecule has 0 spiro atoms. The third-order valence-corrected chi connectivity index (χ3v) is 3.89. The van der Waals surface area contributed by atoms with Gasteiger partial charge in [0, 0.05) is 11.5 Å². The molecule has 0 bridgehead atoms. The van der Waals surface area contributed by atoms with Crippen LogP contribution in [0.1, 0.15) is 29.5 Å². The van der Waals surface area contributed by atoms with Gasteiger partial charge in [-0.1, -0.05) is 25.1 Å². The molecule has 0 aliphatic heterocycles. The summed E-state index contributed by atoms with van der Waals surface area (Å²) in [6, 6.07) is 11.8. The zero-order chi connectivity index (χ0) is 16.1. The average molecular weight is 302 g/mol. The SMILES string of the molecule is COc1cc(C(C)c2ccc(OC)c(OC)c2)ccc1CO. The van der Waals surface area contributed by atoms with Crippen LogP contribution < -0.4 is 14.2 Å². The third kappa shape index (κ3) is 3.17. The van der Waals surface area contributed by atoms with Gasteiger partial charge in [0.15, 0.2) is 11.5 Å². The molecule has 118 valence electrons. The summed E-state index contributed by atoms with van der Waals surface area (Å²) < 4.78 is 16.0. The van der Waals surface area contributed by atoms with E-state index in [2.05, 4.69) is 6.92 Å². The van der Waals surface area contributed by atoms with Gasteiger partial charge in [-0.2, -0.15) is 0 Å². The topological polar surface area (TPSA) is 47.9 Å². The van der Waals surface area contributed by atoms with Crippen LogP contribution in [-0.2, 0) is 6.61 Å². The van der Waals surface area contributed by atoms with Gasteiger partial charge < -0.3 is 19.3 Å². The Hall–Kier alpha value is -2.20. The lowest BCUT2D eigenvalue weighted by atomic mass is 9.92. The van der Waals surface area contributed by atoms with Gasteiger partial charge in [-0.05, 0) is 29.3 Å². The van der Waals surface area contributed by atoms with E-state index in [9.17, 15) is 5.11 Å². The molecule has 0 saturated carbocycles. The molecule has 0 fully saturated rings. The molecule has 0 aliphatic rings. The number of hydrogen-bond donors (Lipinski definition) is 1. The monoisotopic (exact) mass is 302 g/mol. The maximum atomic E-state index is 9.31. The Morgan fingerprint density at radius 3 is 1.91 bits per heavy atom. The van der Waals surface area contributed by atoms with Gasteiger partial charge in [-0.25, -0.2) is 0 Å². The zero-order valence-electron chi connectivity index (χ0n) is 13.4. The highest BCUT2D eigenvalue weighted by Crippen LogP contribution is 2.34. The van der Waals surface area contributed by atoms with E-state index in [0.29, 0.717) is 17.2 Å². The minimum absolute atomic E-state index is 0.0335. The zero-order valence-corrected chi connectivity index (χ0v) is 13.4. The first kappa shape index (κ1) is 16.2. The number of hydrogen-bond acceptors (Lipinski definition) is 4. The lowest BCUT2D eigenvalue weighted by Gasteiger charge is -2.17. The second-order valence-corrected chi connectivity index (χ2v) is 5.07. The predicted octanol–water partition coefficient (Wildman–Crippen LogP) is 3.36. The minimum atomic E-state index is -0.0335. The highest BCUT2D eigenvalue weighted by Gasteiger charge is 2.14. The molecule has 0 radical (unpaired) electrons. The van der Waals surface area contributed by atoms with Gasteiger partial charge in [0.05, 0.1) is 27.9 Å². The van der Waals surface area contributed by atoms with Crippen molar-refractivity contribution in [3.8, 4) is 17.2 Å². The summed E-state index contributed by atoms with van der Waals surface area (Å²) in [6.45, 7) is 2.09. The van der Waals surface area contributed by atoms with Crippen molar-refractivity contribution >= 4 is 0 Å². The van der Waals surface area contributed by atoms with Crippen molar-refractivity contribution in [1.82, 2.24) is 0 Å². The Kier molecular flexibility index (Phi) is 5.28. The first-order chi connectivity index (χ1) is 10.6. The molecule has 4 heteroatoms. The molecular formula is C18H22O4. The summed E-state index contributed by atoms with van der Waals surface area (Å²) >= 11 is 0. The summed E-state index contributed by atoms with van der Waals surface area (Å²) in [4.78, 5) is 0. The number of methoxy groups -OCH3 is 3. The maximum Gasteiger partial charge on any atom is 0.161 e. The van der Waals surface area contributed by atoms with Crippen molar-refractivity contribution in [3.63, 3.8) is 0 Å². The molecule has 2 aromatic carbocycles. The summed E-state index contributed by atoms with van der Waals surface area (Å²) in [7, 11) is 4.87. The second kappa shape index (κ2) is 7.18. The van der Waals surface area contributed by atoms with Crippen molar-refractivity contribution in [2.75, 3.05) is 21.3 Å². The van der Waals surface area contributed by atoms with E-state index in [1.807, 2.05) is 36.4 Å². The maximum absolute atomic E-state index is 9.31. The number of benzene rings is 2. The van der Waals surface area contributed by atoms with Crippen LogP contribution in [0.5, 0.6) is 17.2 Å². The summed E-state index contributed by atoms with van der Waals surface area (Å²) in [5, 5.41) is 9.31. The number of rotatable bonds is 6. The molecule has 22 heavy (non-hydrogen) atoms. The van der Waals surface area contributed by atoms with E-state index >= 15 is 0 Å². The van der Waals surface area contributed by atoms with Crippen molar-refractivity contribution in [1.29, 1.82) is 0 Å². The highest BCUT2D eigenvalue weighted by atomic mass is 16.5. The van der Waals surface area contributed by atoms with Crippen LogP contribution >= 0.6 is 0 Å². The summed E-state index contributed by atoms with van der Waals surface area (Å²) in [5.74, 6) is 2.30. The smallest absolute Gasteiger partial charge is 0.161 e. The molecule has 1 N–H and O–H groups in total. The molecule has 4 nitrogen and oxygen atoms in total. The molecular weight excluding hydrogens is 280 g/mol. The van der Waals surface area contributed by atoms with Crippen LogP contribution in [0.15, 0.2) is 36.4 Å². The Balaban J connectivity index is 2.37. The molecule has 0 aliphatic carbocycles. The van der Waals surface area contributed by atoms with Crippen LogP contribution in [0.2, 0.25) is 0 Å². The minimum Gasteiger partial charge on any atom is -0.496 e. The van der Waals surface area contributed by atoms with Gasteiger partial charge >= 0.3 is 0 Å². The molecule has 1 atom stereocenters. The normalized spacial score (nSPS) is 11.9. The van der Waals surface area contributed by atoms with Crippen LogP contribution in [0.4, 0.5) is 0 Å². The fraction of sp³-hybridized carbons (Fsp3) is 0.333. The van der Waals surface area contributed by atoms with Crippen LogP contribution in [0.3, 0.4) is 0 Å². The van der Waals surface area contributed by atoms with Crippen molar-refractivity contribution in [2.24, 2.45) is 0 Å². The molecule has 0 heterocycles. The molecule has 0 saturated heterocycles. The molecule has 2 aromatic rings. The predicted molar refractivity (Wildman–Crippen MR) is 86.0 cm³/mol. The highest BCUT2D eigenvalue weighted by molar-refractivity contribution is 5.47. The molecule has 2 rings (SSSR count). The van der Waals surface area contributed by atoms with Gasteiger partial charge in [0.2, 0.25) is 0 Å². The number of ether oxygens (including phenoxy) is 3. The van der Waals surface area contributed by atoms with Gasteiger partial charge in [-0.15, -0.1) is 0 Å². The Morgan fingerprint density at radius 2 is 1.36 bits per heavy atom. The van der Waals surface area contributed by atoms with Gasteiger partial charge in [-0.3, -0.25) is 0 Å². The van der Waals surface area contributed by atoms with Crippen LogP contribution in [0.25, 0.3) is 0 Å². The molecule has 0 amide bonds. The first-order valence-electron chi connectivity index (χ1n) is 7.14. The van der Waals surface area contributed by atoms with Gasteiger partial charge in [0.25, 0.3) is 0 Å². The van der Waals surface area contributed by atoms with E-state index in [0.717, 1.165) is 16.7 Å². The van der Waals surface area contributed by atoms with Crippen molar-refractivity contribution in [2.45, 2.75) is 19.4 Å². The Bertz CT molecular complexity index is 581. The van der Waals surface area contributed by atoms with E-state index in [1.165, 1.54) is 0 Å². The standard InChI is InChI=1S/C18H22O4/c1-12(13-5-6-15(11-19)17(9-13)21-3)14-7-8-16(20-2)18(10-14)22-4/h5-10,12,19H,11H2,1-4H3. The van der Waals surface area contributed by atoms with Crippen molar-refractivity contribution in [3.05, 3.63) is 53.1 Å². The lowest BCUT2D eigenvalue weighted by Crippen LogP contribution is -2.00. The van der Waals surface area contributed by atoms with E-state index in [-0.39, 0.29) is 12.5 Å². The fourth-order valence-corrected chi connectivity index (χ4v) is 2.48. The average Bonchev–Trinajstić information content (AvgIpc) is 2.59. The van der Waals surface area contributed by atoms with Crippen molar-refractivity contribution < 1.29 is 19.3 Å². The van der Waals surface area contributed by atoms with Crippen LogP contribution in [0, 0.1) is 0 Å². The number of aliphatic hydroxyl groups is 1. The third-order valence-electron chi connectivity index (χ3n) is 3.89. The Morgan fingerprint density at radius 1 is 0.818 bits per heavy atom. The quantitative estimate of drug-likeness (QED) is 0.889. The van der Waals surface area contributed by atoms with E-state index in [1.54, 1.807) is 21.3 Å². The van der Waals surface area contributed by atoms with Crippen LogP contribution in [-0.4, -0.2) is 26.4 Å². The molecule has 1 unspecified atom stereocenters. The lowest BCUT2D eigenvalue weighted by molar-refractivity contribution is 0.273. The summed E-state index contributed by atoms with van der Waals surface area (Å²) in [6.07, 6.45) is 0.